The summed E-state index contributed by atoms with van der Waals surface area (Å²) in [6.45, 7) is 4.82. The van der Waals surface area contributed by atoms with Gasteiger partial charge in [0.15, 0.2) is 0 Å². The van der Waals surface area contributed by atoms with E-state index in [0.29, 0.717) is 6.61 Å². The van der Waals surface area contributed by atoms with Crippen LogP contribution in [0, 0.1) is 17.3 Å². The Bertz CT molecular complexity index is 312. The molecule has 0 aromatic heterocycles. The summed E-state index contributed by atoms with van der Waals surface area (Å²) in [5, 5.41) is 0. The van der Waals surface area contributed by atoms with Crippen molar-refractivity contribution < 1.29 is 9.53 Å². The van der Waals surface area contributed by atoms with E-state index in [1.165, 1.54) is 51.5 Å². The Kier molecular flexibility index (Phi) is 4.23. The van der Waals surface area contributed by atoms with Crippen molar-refractivity contribution in [3.8, 4) is 0 Å². The SMILES string of the molecule is O=CC1(CN2CCC3CCCCC3C2)CCCOC1. The summed E-state index contributed by atoms with van der Waals surface area (Å²) in [5.74, 6) is 1.87. The van der Waals surface area contributed by atoms with E-state index in [9.17, 15) is 4.79 Å². The van der Waals surface area contributed by atoms with Crippen molar-refractivity contribution in [2.75, 3.05) is 32.8 Å². The van der Waals surface area contributed by atoms with E-state index in [4.69, 9.17) is 4.74 Å². The number of likely N-dealkylation sites (tertiary alicyclic amines) is 1. The minimum Gasteiger partial charge on any atom is -0.380 e. The molecule has 0 bridgehead atoms. The number of carbonyl (C=O) groups excluding carboxylic acids is 1. The van der Waals surface area contributed by atoms with Crippen LogP contribution in [0.3, 0.4) is 0 Å². The van der Waals surface area contributed by atoms with E-state index >= 15 is 0 Å². The molecule has 3 rings (SSSR count). The minimum absolute atomic E-state index is 0.209. The van der Waals surface area contributed by atoms with Crippen molar-refractivity contribution in [1.29, 1.82) is 0 Å². The first kappa shape index (κ1) is 13.6. The normalized spacial score (nSPS) is 40.6. The van der Waals surface area contributed by atoms with Crippen LogP contribution in [0.4, 0.5) is 0 Å². The number of hydrogen-bond donors (Lipinski definition) is 0. The Morgan fingerprint density at radius 2 is 2.00 bits per heavy atom. The molecule has 0 spiro atoms. The van der Waals surface area contributed by atoms with Crippen molar-refractivity contribution >= 4 is 6.29 Å². The van der Waals surface area contributed by atoms with Gasteiger partial charge in [0.05, 0.1) is 12.0 Å². The summed E-state index contributed by atoms with van der Waals surface area (Å²) in [5.41, 5.74) is -0.209. The van der Waals surface area contributed by atoms with Gasteiger partial charge >= 0.3 is 0 Å². The number of hydrogen-bond acceptors (Lipinski definition) is 3. The summed E-state index contributed by atoms with van der Waals surface area (Å²) in [7, 11) is 0. The lowest BCUT2D eigenvalue weighted by atomic mass is 9.74. The molecule has 0 radical (unpaired) electrons. The molecule has 19 heavy (non-hydrogen) atoms. The molecular weight excluding hydrogens is 238 g/mol. The monoisotopic (exact) mass is 265 g/mol. The number of aldehydes is 1. The van der Waals surface area contributed by atoms with E-state index in [2.05, 4.69) is 4.90 Å². The Hall–Kier alpha value is -0.410. The number of rotatable bonds is 3. The zero-order valence-corrected chi connectivity index (χ0v) is 12.0. The number of piperidine rings is 1. The first-order chi connectivity index (χ1) is 9.31. The van der Waals surface area contributed by atoms with Crippen LogP contribution in [-0.2, 0) is 9.53 Å². The summed E-state index contributed by atoms with van der Waals surface area (Å²) in [6.07, 6.45) is 10.3. The molecule has 3 fully saturated rings. The van der Waals surface area contributed by atoms with Crippen LogP contribution in [0.2, 0.25) is 0 Å². The predicted molar refractivity (Wildman–Crippen MR) is 75.1 cm³/mol. The van der Waals surface area contributed by atoms with Crippen LogP contribution >= 0.6 is 0 Å². The summed E-state index contributed by atoms with van der Waals surface area (Å²) < 4.78 is 5.57. The lowest BCUT2D eigenvalue weighted by Crippen LogP contribution is -2.49. The smallest absolute Gasteiger partial charge is 0.129 e. The number of fused-ring (bicyclic) bond motifs is 1. The van der Waals surface area contributed by atoms with E-state index in [1.54, 1.807) is 0 Å². The molecule has 1 aliphatic carbocycles. The average molecular weight is 265 g/mol. The third kappa shape index (κ3) is 3.03. The standard InChI is InChI=1S/C16H27NO2/c18-12-16(7-3-9-19-13-16)11-17-8-6-14-4-1-2-5-15(14)10-17/h12,14-15H,1-11,13H2. The number of carbonyl (C=O) groups is 1. The molecule has 3 atom stereocenters. The zero-order valence-electron chi connectivity index (χ0n) is 12.0. The van der Waals surface area contributed by atoms with E-state index in [0.717, 1.165) is 37.8 Å². The molecule has 2 saturated heterocycles. The quantitative estimate of drug-likeness (QED) is 0.734. The van der Waals surface area contributed by atoms with Crippen LogP contribution in [0.5, 0.6) is 0 Å². The molecule has 3 aliphatic rings. The summed E-state index contributed by atoms with van der Waals surface area (Å²) >= 11 is 0. The molecule has 1 saturated carbocycles. The highest BCUT2D eigenvalue weighted by Gasteiger charge is 2.38. The molecule has 2 aliphatic heterocycles. The molecule has 3 nitrogen and oxygen atoms in total. The highest BCUT2D eigenvalue weighted by Crippen LogP contribution is 2.37. The van der Waals surface area contributed by atoms with Crippen LogP contribution in [-0.4, -0.2) is 44.0 Å². The number of nitrogens with zero attached hydrogens (tertiary/aromatic N) is 1. The van der Waals surface area contributed by atoms with E-state index in [-0.39, 0.29) is 5.41 Å². The second-order valence-corrected chi connectivity index (χ2v) is 6.96. The van der Waals surface area contributed by atoms with Gasteiger partial charge in [0.1, 0.15) is 6.29 Å². The highest BCUT2D eigenvalue weighted by molar-refractivity contribution is 5.60. The summed E-state index contributed by atoms with van der Waals surface area (Å²) in [6, 6.07) is 0. The minimum atomic E-state index is -0.209. The van der Waals surface area contributed by atoms with Crippen molar-refractivity contribution in [3.05, 3.63) is 0 Å². The Morgan fingerprint density at radius 1 is 1.16 bits per heavy atom. The van der Waals surface area contributed by atoms with Gasteiger partial charge in [-0.05, 0) is 44.1 Å². The first-order valence-corrected chi connectivity index (χ1v) is 8.08. The van der Waals surface area contributed by atoms with Gasteiger partial charge in [0, 0.05) is 19.7 Å². The molecule has 0 aromatic rings. The van der Waals surface area contributed by atoms with Gasteiger partial charge in [0.2, 0.25) is 0 Å². The Labute approximate surface area is 116 Å². The van der Waals surface area contributed by atoms with Crippen molar-refractivity contribution in [2.45, 2.75) is 44.9 Å². The largest absolute Gasteiger partial charge is 0.380 e. The van der Waals surface area contributed by atoms with Gasteiger partial charge in [-0.2, -0.15) is 0 Å². The van der Waals surface area contributed by atoms with Crippen LogP contribution in [0.1, 0.15) is 44.9 Å². The highest BCUT2D eigenvalue weighted by atomic mass is 16.5. The van der Waals surface area contributed by atoms with Crippen molar-refractivity contribution in [2.24, 2.45) is 17.3 Å². The Balaban J connectivity index is 1.58. The maximum Gasteiger partial charge on any atom is 0.129 e. The van der Waals surface area contributed by atoms with E-state index in [1.807, 2.05) is 0 Å². The maximum atomic E-state index is 11.5. The second-order valence-electron chi connectivity index (χ2n) is 6.96. The molecule has 0 N–H and O–H groups in total. The van der Waals surface area contributed by atoms with Gasteiger partial charge < -0.3 is 14.4 Å². The van der Waals surface area contributed by atoms with E-state index < -0.39 is 0 Å². The fourth-order valence-corrected chi connectivity index (χ4v) is 4.39. The van der Waals surface area contributed by atoms with Gasteiger partial charge in [-0.25, -0.2) is 0 Å². The van der Waals surface area contributed by atoms with Crippen LogP contribution in [0.15, 0.2) is 0 Å². The van der Waals surface area contributed by atoms with Gasteiger partial charge in [-0.3, -0.25) is 0 Å². The predicted octanol–water partition coefficient (Wildman–Crippen LogP) is 2.49. The van der Waals surface area contributed by atoms with Gasteiger partial charge in [-0.1, -0.05) is 19.3 Å². The first-order valence-electron chi connectivity index (χ1n) is 8.08. The molecule has 3 heteroatoms. The number of ether oxygens (including phenoxy) is 1. The van der Waals surface area contributed by atoms with Crippen molar-refractivity contribution in [3.63, 3.8) is 0 Å². The average Bonchev–Trinajstić information content (AvgIpc) is 2.48. The molecular formula is C16H27NO2. The lowest BCUT2D eigenvalue weighted by molar-refractivity contribution is -0.126. The molecule has 0 aromatic carbocycles. The van der Waals surface area contributed by atoms with Crippen LogP contribution < -0.4 is 0 Å². The third-order valence-electron chi connectivity index (χ3n) is 5.52. The van der Waals surface area contributed by atoms with Crippen molar-refractivity contribution in [1.82, 2.24) is 4.90 Å². The Morgan fingerprint density at radius 3 is 2.74 bits per heavy atom. The lowest BCUT2D eigenvalue weighted by Gasteiger charge is -2.44. The molecule has 2 heterocycles. The van der Waals surface area contributed by atoms with Gasteiger partial charge in [-0.15, -0.1) is 0 Å². The topological polar surface area (TPSA) is 29.5 Å². The van der Waals surface area contributed by atoms with Gasteiger partial charge in [0.25, 0.3) is 0 Å². The molecule has 108 valence electrons. The second kappa shape index (κ2) is 5.92. The fourth-order valence-electron chi connectivity index (χ4n) is 4.39. The van der Waals surface area contributed by atoms with Crippen LogP contribution in [0.25, 0.3) is 0 Å². The summed E-state index contributed by atoms with van der Waals surface area (Å²) in [4.78, 5) is 14.1. The zero-order chi connectivity index (χ0) is 13.1. The molecule has 0 amide bonds. The molecule has 3 unspecified atom stereocenters. The fraction of sp³-hybridized carbons (Fsp3) is 0.938. The third-order valence-corrected chi connectivity index (χ3v) is 5.52. The maximum absolute atomic E-state index is 11.5.